The number of ether oxygens (including phenoxy) is 1. The minimum atomic E-state index is -1.20. The van der Waals surface area contributed by atoms with E-state index in [1.54, 1.807) is 38.1 Å². The minimum Gasteiger partial charge on any atom is -0.491 e. The lowest BCUT2D eigenvalue weighted by Crippen LogP contribution is -2.41. The summed E-state index contributed by atoms with van der Waals surface area (Å²) in [6.45, 7) is 7.33. The Hall–Kier alpha value is -1.75. The second-order valence-corrected chi connectivity index (χ2v) is 6.18. The monoisotopic (exact) mass is 309 g/mol. The van der Waals surface area contributed by atoms with Gasteiger partial charge in [0.25, 0.3) is 0 Å². The van der Waals surface area contributed by atoms with E-state index in [0.717, 1.165) is 25.0 Å². The molecule has 5 nitrogen and oxygen atoms in total. The number of benzene rings is 1. The summed E-state index contributed by atoms with van der Waals surface area (Å²) in [4.78, 5) is 10.9. The van der Waals surface area contributed by atoms with Crippen molar-refractivity contribution in [3.8, 4) is 5.75 Å². The fraction of sp³-hybridized carbons (Fsp3) is 0.588. The third-order valence-electron chi connectivity index (χ3n) is 3.49. The van der Waals surface area contributed by atoms with Crippen molar-refractivity contribution >= 4 is 6.09 Å². The average Bonchev–Trinajstić information content (AvgIpc) is 2.42. The molecule has 22 heavy (non-hydrogen) atoms. The van der Waals surface area contributed by atoms with Crippen molar-refractivity contribution in [2.75, 3.05) is 0 Å². The molecule has 1 rings (SSSR count). The highest BCUT2D eigenvalue weighted by Gasteiger charge is 2.29. The number of unbranched alkanes of at least 4 members (excludes halogenated alkanes) is 1. The van der Waals surface area contributed by atoms with Gasteiger partial charge in [-0.1, -0.05) is 31.9 Å². The van der Waals surface area contributed by atoms with Gasteiger partial charge in [0, 0.05) is 0 Å². The lowest BCUT2D eigenvalue weighted by atomic mass is 9.92. The van der Waals surface area contributed by atoms with Crippen LogP contribution in [0, 0.1) is 0 Å². The standard InChI is InChI=1S/C17H27NO4/c1-5-6-7-12(2)22-14-10-8-13(9-11-14)15(17(3,4)21)18-16(19)20/h8-12,15,18,21H,5-7H2,1-4H3,(H,19,20). The van der Waals surface area contributed by atoms with Crippen LogP contribution in [0.25, 0.3) is 0 Å². The molecule has 0 fully saturated rings. The van der Waals surface area contributed by atoms with Gasteiger partial charge in [0.05, 0.1) is 17.7 Å². The van der Waals surface area contributed by atoms with E-state index in [2.05, 4.69) is 12.2 Å². The van der Waals surface area contributed by atoms with Gasteiger partial charge in [0.15, 0.2) is 0 Å². The minimum absolute atomic E-state index is 0.146. The molecular weight excluding hydrogens is 282 g/mol. The fourth-order valence-corrected chi connectivity index (χ4v) is 2.31. The van der Waals surface area contributed by atoms with Crippen LogP contribution in [-0.2, 0) is 0 Å². The van der Waals surface area contributed by atoms with Gasteiger partial charge in [0.1, 0.15) is 5.75 Å². The van der Waals surface area contributed by atoms with E-state index in [4.69, 9.17) is 9.84 Å². The lowest BCUT2D eigenvalue weighted by Gasteiger charge is -2.29. The van der Waals surface area contributed by atoms with Crippen molar-refractivity contribution in [2.45, 2.75) is 64.7 Å². The fourth-order valence-electron chi connectivity index (χ4n) is 2.31. The van der Waals surface area contributed by atoms with Crippen molar-refractivity contribution in [3.63, 3.8) is 0 Å². The molecule has 0 saturated carbocycles. The van der Waals surface area contributed by atoms with Gasteiger partial charge in [-0.25, -0.2) is 4.79 Å². The summed E-state index contributed by atoms with van der Waals surface area (Å²) < 4.78 is 5.82. The van der Waals surface area contributed by atoms with Crippen molar-refractivity contribution < 1.29 is 19.7 Å². The molecule has 0 aliphatic carbocycles. The number of amides is 1. The zero-order valence-electron chi connectivity index (χ0n) is 13.8. The maximum atomic E-state index is 10.9. The summed E-state index contributed by atoms with van der Waals surface area (Å²) >= 11 is 0. The van der Waals surface area contributed by atoms with Crippen LogP contribution in [0.15, 0.2) is 24.3 Å². The predicted molar refractivity (Wildman–Crippen MR) is 86.3 cm³/mol. The van der Waals surface area contributed by atoms with Gasteiger partial charge < -0.3 is 20.3 Å². The van der Waals surface area contributed by atoms with E-state index in [0.29, 0.717) is 5.56 Å². The zero-order valence-corrected chi connectivity index (χ0v) is 13.8. The number of nitrogens with one attached hydrogen (secondary N) is 1. The number of hydrogen-bond donors (Lipinski definition) is 3. The molecule has 5 heteroatoms. The molecule has 0 aliphatic rings. The molecule has 0 bridgehead atoms. The first-order chi connectivity index (χ1) is 10.2. The van der Waals surface area contributed by atoms with E-state index in [1.807, 2.05) is 6.92 Å². The van der Waals surface area contributed by atoms with Gasteiger partial charge in [-0.15, -0.1) is 0 Å². The molecule has 3 N–H and O–H groups in total. The maximum Gasteiger partial charge on any atom is 0.405 e. The Kier molecular flexibility index (Phi) is 6.68. The predicted octanol–water partition coefficient (Wildman–Crippen LogP) is 3.72. The molecule has 0 aliphatic heterocycles. The van der Waals surface area contributed by atoms with Gasteiger partial charge in [-0.2, -0.15) is 0 Å². The Morgan fingerprint density at radius 3 is 2.36 bits per heavy atom. The number of carbonyl (C=O) groups is 1. The summed E-state index contributed by atoms with van der Waals surface area (Å²) in [5.41, 5.74) is -0.502. The second-order valence-electron chi connectivity index (χ2n) is 6.18. The van der Waals surface area contributed by atoms with Gasteiger partial charge in [-0.3, -0.25) is 0 Å². The van der Waals surface area contributed by atoms with Crippen molar-refractivity contribution in [3.05, 3.63) is 29.8 Å². The van der Waals surface area contributed by atoms with Crippen molar-refractivity contribution in [2.24, 2.45) is 0 Å². The summed E-state index contributed by atoms with van der Waals surface area (Å²) in [6.07, 6.45) is 2.25. The molecule has 0 radical (unpaired) electrons. The Labute approximate surface area is 132 Å². The number of rotatable bonds is 8. The van der Waals surface area contributed by atoms with E-state index >= 15 is 0 Å². The summed E-state index contributed by atoms with van der Waals surface area (Å²) in [5, 5.41) is 21.4. The van der Waals surface area contributed by atoms with Crippen LogP contribution in [0.5, 0.6) is 5.75 Å². The topological polar surface area (TPSA) is 78.8 Å². The van der Waals surface area contributed by atoms with Gasteiger partial charge in [-0.05, 0) is 44.9 Å². The average molecular weight is 309 g/mol. The van der Waals surface area contributed by atoms with Crippen LogP contribution in [0.2, 0.25) is 0 Å². The van der Waals surface area contributed by atoms with E-state index < -0.39 is 17.7 Å². The van der Waals surface area contributed by atoms with Gasteiger partial charge in [0.2, 0.25) is 0 Å². The van der Waals surface area contributed by atoms with E-state index in [-0.39, 0.29) is 6.10 Å². The molecule has 124 valence electrons. The third kappa shape index (κ3) is 5.93. The third-order valence-corrected chi connectivity index (χ3v) is 3.49. The van der Waals surface area contributed by atoms with E-state index in [1.165, 1.54) is 0 Å². The maximum absolute atomic E-state index is 10.9. The highest BCUT2D eigenvalue weighted by molar-refractivity contribution is 5.65. The van der Waals surface area contributed by atoms with Crippen LogP contribution in [-0.4, -0.2) is 28.0 Å². The van der Waals surface area contributed by atoms with Gasteiger partial charge >= 0.3 is 6.09 Å². The summed E-state index contributed by atoms with van der Waals surface area (Å²) in [6, 6.07) is 6.47. The van der Waals surface area contributed by atoms with Crippen LogP contribution < -0.4 is 10.1 Å². The second kappa shape index (κ2) is 8.03. The van der Waals surface area contributed by atoms with Crippen molar-refractivity contribution in [1.82, 2.24) is 5.32 Å². The first-order valence-electron chi connectivity index (χ1n) is 7.72. The molecule has 2 unspecified atom stereocenters. The number of aliphatic hydroxyl groups is 1. The van der Waals surface area contributed by atoms with E-state index in [9.17, 15) is 9.90 Å². The highest BCUT2D eigenvalue weighted by Crippen LogP contribution is 2.27. The summed E-state index contributed by atoms with van der Waals surface area (Å²) in [5.74, 6) is 0.747. The number of carboxylic acid groups (broad SMARTS) is 1. The Bertz CT molecular complexity index is 465. The first kappa shape index (κ1) is 18.3. The highest BCUT2D eigenvalue weighted by atomic mass is 16.5. The van der Waals surface area contributed by atoms with Crippen LogP contribution in [0.1, 0.15) is 58.6 Å². The SMILES string of the molecule is CCCCC(C)Oc1ccc(C(NC(=O)O)C(C)(C)O)cc1. The Balaban J connectivity index is 2.78. The smallest absolute Gasteiger partial charge is 0.405 e. The Morgan fingerprint density at radius 1 is 1.32 bits per heavy atom. The lowest BCUT2D eigenvalue weighted by molar-refractivity contribution is 0.0372. The molecule has 1 aromatic carbocycles. The van der Waals surface area contributed by atoms with Crippen molar-refractivity contribution in [1.29, 1.82) is 0 Å². The molecule has 0 saturated heterocycles. The van der Waals surface area contributed by atoms with Crippen LogP contribution in [0.4, 0.5) is 4.79 Å². The first-order valence-corrected chi connectivity index (χ1v) is 7.72. The largest absolute Gasteiger partial charge is 0.491 e. The summed E-state index contributed by atoms with van der Waals surface area (Å²) in [7, 11) is 0. The van der Waals surface area contributed by atoms with Crippen LogP contribution >= 0.6 is 0 Å². The molecule has 0 aromatic heterocycles. The normalized spacial score (nSPS) is 14.2. The molecule has 0 spiro atoms. The van der Waals surface area contributed by atoms with Crippen LogP contribution in [0.3, 0.4) is 0 Å². The quantitative estimate of drug-likeness (QED) is 0.684. The number of hydrogen-bond acceptors (Lipinski definition) is 3. The molecule has 2 atom stereocenters. The molecule has 1 amide bonds. The molecule has 1 aromatic rings. The molecule has 0 heterocycles. The Morgan fingerprint density at radius 2 is 1.91 bits per heavy atom. The zero-order chi connectivity index (χ0) is 16.8. The molecular formula is C17H27NO4.